The van der Waals surface area contributed by atoms with Gasteiger partial charge in [-0.1, -0.05) is 0 Å². The molecule has 1 heterocycles. The zero-order valence-corrected chi connectivity index (χ0v) is 9.41. The Balaban J connectivity index is 2.02. The molecule has 0 spiro atoms. The van der Waals surface area contributed by atoms with Gasteiger partial charge in [0.15, 0.2) is 0 Å². The van der Waals surface area contributed by atoms with Crippen molar-refractivity contribution in [3.8, 4) is 0 Å². The van der Waals surface area contributed by atoms with Crippen LogP contribution in [0.4, 0.5) is 15.8 Å². The summed E-state index contributed by atoms with van der Waals surface area (Å²) >= 11 is 0. The zero-order chi connectivity index (χ0) is 12.3. The van der Waals surface area contributed by atoms with Gasteiger partial charge in [0.05, 0.1) is 5.69 Å². The maximum absolute atomic E-state index is 13.5. The summed E-state index contributed by atoms with van der Waals surface area (Å²) in [5.74, 6) is -0.761. The molecule has 1 amide bonds. The Morgan fingerprint density at radius 3 is 2.76 bits per heavy atom. The van der Waals surface area contributed by atoms with Crippen molar-refractivity contribution in [3.63, 3.8) is 0 Å². The van der Waals surface area contributed by atoms with Crippen LogP contribution < -0.4 is 11.1 Å². The fraction of sp³-hybridized carbons (Fsp3) is 0.417. The van der Waals surface area contributed by atoms with E-state index in [1.165, 1.54) is 12.1 Å². The normalized spacial score (nSPS) is 16.8. The number of nitrogens with two attached hydrogens (primary N) is 1. The monoisotopic (exact) mass is 238 g/mol. The topological polar surface area (TPSA) is 64.3 Å². The highest BCUT2D eigenvalue weighted by Crippen LogP contribution is 2.20. The van der Waals surface area contributed by atoms with E-state index in [9.17, 15) is 9.18 Å². The van der Waals surface area contributed by atoms with E-state index in [0.29, 0.717) is 31.7 Å². The van der Waals surface area contributed by atoms with Crippen molar-refractivity contribution < 1.29 is 13.9 Å². The van der Waals surface area contributed by atoms with Crippen LogP contribution in [0.15, 0.2) is 18.2 Å². The minimum Gasteiger partial charge on any atom is -0.399 e. The average molecular weight is 238 g/mol. The van der Waals surface area contributed by atoms with E-state index in [0.717, 1.165) is 0 Å². The summed E-state index contributed by atoms with van der Waals surface area (Å²) in [7, 11) is 0. The summed E-state index contributed by atoms with van der Waals surface area (Å²) in [5.41, 5.74) is 5.95. The SMILES string of the molecule is Nc1ccc(NC(=O)C2CCOCC2)c(F)c1. The average Bonchev–Trinajstić information content (AvgIpc) is 2.34. The van der Waals surface area contributed by atoms with Gasteiger partial charge in [0.25, 0.3) is 0 Å². The first kappa shape index (κ1) is 11.9. The van der Waals surface area contributed by atoms with E-state index in [2.05, 4.69) is 5.32 Å². The minimum atomic E-state index is -0.509. The molecule has 1 aromatic carbocycles. The number of hydrogen-bond acceptors (Lipinski definition) is 3. The lowest BCUT2D eigenvalue weighted by Gasteiger charge is -2.21. The van der Waals surface area contributed by atoms with E-state index in [1.54, 1.807) is 6.07 Å². The minimum absolute atomic E-state index is 0.0966. The predicted octanol–water partition coefficient (Wildman–Crippen LogP) is 1.77. The molecule has 1 aliphatic heterocycles. The molecule has 0 bridgehead atoms. The Labute approximate surface area is 98.9 Å². The molecule has 5 heteroatoms. The van der Waals surface area contributed by atoms with Crippen molar-refractivity contribution in [3.05, 3.63) is 24.0 Å². The largest absolute Gasteiger partial charge is 0.399 e. The van der Waals surface area contributed by atoms with Gasteiger partial charge in [-0.25, -0.2) is 4.39 Å². The van der Waals surface area contributed by atoms with Gasteiger partial charge in [0, 0.05) is 24.8 Å². The van der Waals surface area contributed by atoms with Gasteiger partial charge in [0.1, 0.15) is 5.82 Å². The summed E-state index contributed by atoms with van der Waals surface area (Å²) in [4.78, 5) is 11.8. The molecule has 0 aliphatic carbocycles. The lowest BCUT2D eigenvalue weighted by atomic mass is 9.99. The molecule has 0 radical (unpaired) electrons. The van der Waals surface area contributed by atoms with E-state index >= 15 is 0 Å². The van der Waals surface area contributed by atoms with Crippen LogP contribution in [0.2, 0.25) is 0 Å². The highest BCUT2D eigenvalue weighted by Gasteiger charge is 2.22. The fourth-order valence-corrected chi connectivity index (χ4v) is 1.83. The maximum atomic E-state index is 13.5. The number of rotatable bonds is 2. The molecular weight excluding hydrogens is 223 g/mol. The summed E-state index contributed by atoms with van der Waals surface area (Å²) in [6.45, 7) is 1.17. The van der Waals surface area contributed by atoms with Crippen molar-refractivity contribution in [1.82, 2.24) is 0 Å². The summed E-state index contributed by atoms with van der Waals surface area (Å²) in [5, 5.41) is 2.58. The standard InChI is InChI=1S/C12H15FN2O2/c13-10-7-9(14)1-2-11(10)15-12(16)8-3-5-17-6-4-8/h1-2,7-8H,3-6,14H2,(H,15,16). The second kappa shape index (κ2) is 5.14. The molecule has 1 saturated heterocycles. The van der Waals surface area contributed by atoms with Crippen molar-refractivity contribution in [1.29, 1.82) is 0 Å². The van der Waals surface area contributed by atoms with E-state index in [1.807, 2.05) is 0 Å². The van der Waals surface area contributed by atoms with Gasteiger partial charge < -0.3 is 15.8 Å². The number of anilines is 2. The van der Waals surface area contributed by atoms with Gasteiger partial charge in [-0.15, -0.1) is 0 Å². The van der Waals surface area contributed by atoms with Gasteiger partial charge in [-0.05, 0) is 31.0 Å². The van der Waals surface area contributed by atoms with E-state index in [4.69, 9.17) is 10.5 Å². The molecule has 0 aromatic heterocycles. The van der Waals surface area contributed by atoms with Crippen molar-refractivity contribution in [2.45, 2.75) is 12.8 Å². The molecule has 1 aliphatic rings. The van der Waals surface area contributed by atoms with E-state index < -0.39 is 5.82 Å². The number of nitrogens with one attached hydrogen (secondary N) is 1. The van der Waals surface area contributed by atoms with E-state index in [-0.39, 0.29) is 17.5 Å². The molecule has 17 heavy (non-hydrogen) atoms. The van der Waals surface area contributed by atoms with Crippen LogP contribution in [0, 0.1) is 11.7 Å². The predicted molar refractivity (Wildman–Crippen MR) is 63.0 cm³/mol. The number of carbonyl (C=O) groups excluding carboxylic acids is 1. The lowest BCUT2D eigenvalue weighted by molar-refractivity contribution is -0.122. The van der Waals surface area contributed by atoms with Gasteiger partial charge in [-0.2, -0.15) is 0 Å². The third-order valence-electron chi connectivity index (χ3n) is 2.84. The number of halogens is 1. The van der Waals surface area contributed by atoms with Crippen LogP contribution in [0.3, 0.4) is 0 Å². The second-order valence-electron chi connectivity index (χ2n) is 4.12. The molecule has 0 saturated carbocycles. The number of ether oxygens (including phenoxy) is 1. The Kier molecular flexibility index (Phi) is 3.58. The summed E-state index contributed by atoms with van der Waals surface area (Å²) in [6, 6.07) is 4.23. The first-order valence-corrected chi connectivity index (χ1v) is 5.60. The van der Waals surface area contributed by atoms with Crippen LogP contribution in [0.5, 0.6) is 0 Å². The highest BCUT2D eigenvalue weighted by atomic mass is 19.1. The Morgan fingerprint density at radius 1 is 1.41 bits per heavy atom. The maximum Gasteiger partial charge on any atom is 0.227 e. The fourth-order valence-electron chi connectivity index (χ4n) is 1.83. The molecule has 0 unspecified atom stereocenters. The molecule has 1 fully saturated rings. The third-order valence-corrected chi connectivity index (χ3v) is 2.84. The number of benzene rings is 1. The molecule has 1 aromatic rings. The Hall–Kier alpha value is -1.62. The quantitative estimate of drug-likeness (QED) is 0.772. The Bertz CT molecular complexity index is 417. The van der Waals surface area contributed by atoms with Crippen LogP contribution in [0.1, 0.15) is 12.8 Å². The second-order valence-corrected chi connectivity index (χ2v) is 4.12. The summed E-state index contributed by atoms with van der Waals surface area (Å²) in [6.07, 6.45) is 1.37. The van der Waals surface area contributed by atoms with Crippen LogP contribution in [-0.4, -0.2) is 19.1 Å². The van der Waals surface area contributed by atoms with Crippen LogP contribution in [-0.2, 0) is 9.53 Å². The number of hydrogen-bond donors (Lipinski definition) is 2. The smallest absolute Gasteiger partial charge is 0.227 e. The number of nitrogen functional groups attached to an aromatic ring is 1. The molecule has 92 valence electrons. The van der Waals surface area contributed by atoms with Gasteiger partial charge >= 0.3 is 0 Å². The number of amides is 1. The Morgan fingerprint density at radius 2 is 2.12 bits per heavy atom. The van der Waals surface area contributed by atoms with Crippen molar-refractivity contribution >= 4 is 17.3 Å². The van der Waals surface area contributed by atoms with Gasteiger partial charge in [-0.3, -0.25) is 4.79 Å². The molecular formula is C12H15FN2O2. The van der Waals surface area contributed by atoms with Crippen molar-refractivity contribution in [2.24, 2.45) is 5.92 Å². The van der Waals surface area contributed by atoms with Crippen molar-refractivity contribution in [2.75, 3.05) is 24.3 Å². The van der Waals surface area contributed by atoms with Crippen LogP contribution >= 0.6 is 0 Å². The molecule has 3 N–H and O–H groups in total. The molecule has 4 nitrogen and oxygen atoms in total. The number of carbonyl (C=O) groups is 1. The summed E-state index contributed by atoms with van der Waals surface area (Å²) < 4.78 is 18.6. The first-order valence-electron chi connectivity index (χ1n) is 5.60. The molecule has 0 atom stereocenters. The molecule has 2 rings (SSSR count). The zero-order valence-electron chi connectivity index (χ0n) is 9.41. The third kappa shape index (κ3) is 2.94. The highest BCUT2D eigenvalue weighted by molar-refractivity contribution is 5.92. The lowest BCUT2D eigenvalue weighted by Crippen LogP contribution is -2.28. The van der Waals surface area contributed by atoms with Crippen LogP contribution in [0.25, 0.3) is 0 Å². The first-order chi connectivity index (χ1) is 8.16. The van der Waals surface area contributed by atoms with Gasteiger partial charge in [0.2, 0.25) is 5.91 Å².